The van der Waals surface area contributed by atoms with Crippen LogP contribution in [-0.4, -0.2) is 72.6 Å². The van der Waals surface area contributed by atoms with Gasteiger partial charge in [-0.1, -0.05) is 0 Å². The Kier molecular flexibility index (Phi) is 8.13. The molecular weight excluding hydrogens is 395 g/mol. The number of hydrogen-bond acceptors (Lipinski definition) is 3. The molecule has 2 saturated heterocycles. The highest BCUT2D eigenvalue weighted by molar-refractivity contribution is 14.0. The standard InChI is InChI=1S/C15H30N4S.HI/c1-5-16-14(17-10-13-6-7-18(4)11-13)19-8-9-20-15(2,3)12-19;/h13H,5-12H2,1-4H3,(H,16,17);1H. The smallest absolute Gasteiger partial charge is 0.193 e. The van der Waals surface area contributed by atoms with E-state index >= 15 is 0 Å². The number of aliphatic imine (C=N–C) groups is 1. The average molecular weight is 426 g/mol. The van der Waals surface area contributed by atoms with Gasteiger partial charge in [-0.15, -0.1) is 24.0 Å². The van der Waals surface area contributed by atoms with E-state index in [0.717, 1.165) is 38.1 Å². The van der Waals surface area contributed by atoms with Gasteiger partial charge in [0, 0.05) is 43.2 Å². The van der Waals surface area contributed by atoms with E-state index in [1.54, 1.807) is 0 Å². The number of halogens is 1. The van der Waals surface area contributed by atoms with Crippen molar-refractivity contribution in [1.82, 2.24) is 15.1 Å². The summed E-state index contributed by atoms with van der Waals surface area (Å²) in [6, 6.07) is 0. The topological polar surface area (TPSA) is 30.9 Å². The minimum atomic E-state index is 0. The maximum atomic E-state index is 4.91. The first-order valence-electron chi connectivity index (χ1n) is 7.86. The Labute approximate surface area is 151 Å². The van der Waals surface area contributed by atoms with E-state index < -0.39 is 0 Å². The van der Waals surface area contributed by atoms with E-state index in [-0.39, 0.29) is 24.0 Å². The quantitative estimate of drug-likeness (QED) is 0.427. The van der Waals surface area contributed by atoms with Gasteiger partial charge in [0.15, 0.2) is 5.96 Å². The Morgan fingerprint density at radius 3 is 2.71 bits per heavy atom. The van der Waals surface area contributed by atoms with Crippen LogP contribution in [0.3, 0.4) is 0 Å². The number of hydrogen-bond donors (Lipinski definition) is 1. The molecule has 2 aliphatic rings. The van der Waals surface area contributed by atoms with Gasteiger partial charge in [-0.3, -0.25) is 4.99 Å². The molecule has 0 spiro atoms. The van der Waals surface area contributed by atoms with Crippen LogP contribution in [0.5, 0.6) is 0 Å². The van der Waals surface area contributed by atoms with Crippen molar-refractivity contribution < 1.29 is 0 Å². The molecule has 2 heterocycles. The van der Waals surface area contributed by atoms with E-state index in [4.69, 9.17) is 4.99 Å². The van der Waals surface area contributed by atoms with Gasteiger partial charge in [-0.05, 0) is 46.7 Å². The molecule has 1 atom stereocenters. The molecule has 2 rings (SSSR count). The molecule has 2 fully saturated rings. The van der Waals surface area contributed by atoms with Crippen LogP contribution in [0.15, 0.2) is 4.99 Å². The van der Waals surface area contributed by atoms with Crippen molar-refractivity contribution in [3.05, 3.63) is 0 Å². The SMILES string of the molecule is CCNC(=NCC1CCN(C)C1)N1CCSC(C)(C)C1.I. The summed E-state index contributed by atoms with van der Waals surface area (Å²) in [6.07, 6.45) is 1.29. The summed E-state index contributed by atoms with van der Waals surface area (Å²) in [5.41, 5.74) is 0. The fourth-order valence-electron chi connectivity index (χ4n) is 3.01. The van der Waals surface area contributed by atoms with Gasteiger partial charge >= 0.3 is 0 Å². The Bertz CT molecular complexity index is 349. The molecule has 6 heteroatoms. The first-order chi connectivity index (χ1) is 9.50. The predicted octanol–water partition coefficient (Wildman–Crippen LogP) is 2.35. The van der Waals surface area contributed by atoms with Crippen molar-refractivity contribution >= 4 is 41.7 Å². The van der Waals surface area contributed by atoms with Gasteiger partial charge in [-0.2, -0.15) is 11.8 Å². The lowest BCUT2D eigenvalue weighted by molar-refractivity contribution is 0.372. The number of nitrogens with zero attached hydrogens (tertiary/aromatic N) is 3. The zero-order valence-corrected chi connectivity index (χ0v) is 17.0. The Balaban J connectivity index is 0.00000220. The summed E-state index contributed by atoms with van der Waals surface area (Å²) in [4.78, 5) is 9.77. The fourth-order valence-corrected chi connectivity index (χ4v) is 4.13. The summed E-state index contributed by atoms with van der Waals surface area (Å²) in [7, 11) is 2.21. The van der Waals surface area contributed by atoms with E-state index in [2.05, 4.69) is 54.7 Å². The molecule has 0 aromatic carbocycles. The molecule has 0 aliphatic carbocycles. The largest absolute Gasteiger partial charge is 0.357 e. The third-order valence-electron chi connectivity index (χ3n) is 4.05. The fraction of sp³-hybridized carbons (Fsp3) is 0.933. The van der Waals surface area contributed by atoms with Crippen molar-refractivity contribution in [2.45, 2.75) is 31.9 Å². The number of nitrogens with one attached hydrogen (secondary N) is 1. The van der Waals surface area contributed by atoms with Crippen LogP contribution in [0, 0.1) is 5.92 Å². The van der Waals surface area contributed by atoms with Crippen LogP contribution < -0.4 is 5.32 Å². The lowest BCUT2D eigenvalue weighted by Gasteiger charge is -2.39. The minimum absolute atomic E-state index is 0. The van der Waals surface area contributed by atoms with E-state index in [1.165, 1.54) is 25.3 Å². The molecule has 1 N–H and O–H groups in total. The molecule has 124 valence electrons. The molecule has 0 saturated carbocycles. The van der Waals surface area contributed by atoms with Gasteiger partial charge in [0.05, 0.1) is 0 Å². The maximum absolute atomic E-state index is 4.91. The molecule has 0 aromatic rings. The second-order valence-corrected chi connectivity index (χ2v) is 8.44. The van der Waals surface area contributed by atoms with Gasteiger partial charge in [-0.25, -0.2) is 0 Å². The zero-order chi connectivity index (χ0) is 14.6. The maximum Gasteiger partial charge on any atom is 0.193 e. The van der Waals surface area contributed by atoms with Crippen molar-refractivity contribution in [3.63, 3.8) is 0 Å². The summed E-state index contributed by atoms with van der Waals surface area (Å²) >= 11 is 2.07. The van der Waals surface area contributed by atoms with E-state index in [9.17, 15) is 0 Å². The van der Waals surface area contributed by atoms with Crippen molar-refractivity contribution in [3.8, 4) is 0 Å². The molecule has 4 nitrogen and oxygen atoms in total. The van der Waals surface area contributed by atoms with Gasteiger partial charge < -0.3 is 15.1 Å². The molecular formula is C15H31IN4S. The lowest BCUT2D eigenvalue weighted by atomic mass is 10.1. The van der Waals surface area contributed by atoms with Crippen molar-refractivity contribution in [2.75, 3.05) is 52.1 Å². The van der Waals surface area contributed by atoms with Crippen molar-refractivity contribution in [2.24, 2.45) is 10.9 Å². The van der Waals surface area contributed by atoms with Crippen LogP contribution in [0.25, 0.3) is 0 Å². The average Bonchev–Trinajstić information content (AvgIpc) is 2.79. The Hall–Kier alpha value is 0.310. The van der Waals surface area contributed by atoms with Crippen LogP contribution in [0.1, 0.15) is 27.2 Å². The number of rotatable bonds is 3. The van der Waals surface area contributed by atoms with Crippen LogP contribution >= 0.6 is 35.7 Å². The molecule has 21 heavy (non-hydrogen) atoms. The highest BCUT2D eigenvalue weighted by Crippen LogP contribution is 2.29. The van der Waals surface area contributed by atoms with E-state index in [0.29, 0.717) is 4.75 Å². The normalized spacial score (nSPS) is 26.6. The van der Waals surface area contributed by atoms with Gasteiger partial charge in [0.25, 0.3) is 0 Å². The van der Waals surface area contributed by atoms with Crippen molar-refractivity contribution in [1.29, 1.82) is 0 Å². The molecule has 0 aromatic heterocycles. The van der Waals surface area contributed by atoms with Crippen LogP contribution in [0.4, 0.5) is 0 Å². The molecule has 1 unspecified atom stereocenters. The molecule has 0 bridgehead atoms. The number of thioether (sulfide) groups is 1. The predicted molar refractivity (Wildman–Crippen MR) is 105 cm³/mol. The highest BCUT2D eigenvalue weighted by atomic mass is 127. The second kappa shape index (κ2) is 8.82. The third-order valence-corrected chi connectivity index (χ3v) is 5.35. The second-order valence-electron chi connectivity index (χ2n) is 6.64. The van der Waals surface area contributed by atoms with Gasteiger partial charge in [0.2, 0.25) is 0 Å². The third kappa shape index (κ3) is 6.14. The van der Waals surface area contributed by atoms with Crippen LogP contribution in [-0.2, 0) is 0 Å². The minimum Gasteiger partial charge on any atom is -0.357 e. The van der Waals surface area contributed by atoms with Gasteiger partial charge in [0.1, 0.15) is 0 Å². The Morgan fingerprint density at radius 2 is 2.14 bits per heavy atom. The Morgan fingerprint density at radius 1 is 1.38 bits per heavy atom. The van der Waals surface area contributed by atoms with Crippen LogP contribution in [0.2, 0.25) is 0 Å². The highest BCUT2D eigenvalue weighted by Gasteiger charge is 2.29. The first-order valence-corrected chi connectivity index (χ1v) is 8.84. The summed E-state index contributed by atoms with van der Waals surface area (Å²) < 4.78 is 0.335. The lowest BCUT2D eigenvalue weighted by Crippen LogP contribution is -2.51. The molecule has 0 radical (unpaired) electrons. The molecule has 2 aliphatic heterocycles. The summed E-state index contributed by atoms with van der Waals surface area (Å²) in [6.45, 7) is 13.4. The number of likely N-dealkylation sites (tertiary alicyclic amines) is 1. The van der Waals surface area contributed by atoms with E-state index in [1.807, 2.05) is 0 Å². The summed E-state index contributed by atoms with van der Waals surface area (Å²) in [5, 5.41) is 3.48. The molecule has 0 amide bonds. The zero-order valence-electron chi connectivity index (χ0n) is 13.9. The summed E-state index contributed by atoms with van der Waals surface area (Å²) in [5.74, 6) is 3.06. The monoisotopic (exact) mass is 426 g/mol. The first kappa shape index (κ1) is 19.4. The number of guanidine groups is 1.